The van der Waals surface area contributed by atoms with Gasteiger partial charge in [0.15, 0.2) is 0 Å². The topological polar surface area (TPSA) is 58.6 Å². The molecule has 2 aliphatic rings. The standard InChI is InChI=1S/C16H19ClN2O3S/c1-16(2)15(21)18-12(9-23-16)14(20)19-7-10(8-19)22-13-6-4-3-5-11(13)17/h3-6,10,12H,7-9H2,1-2H3,(H,18,21). The van der Waals surface area contributed by atoms with Gasteiger partial charge in [0.2, 0.25) is 11.8 Å². The zero-order valence-electron chi connectivity index (χ0n) is 13.0. The predicted molar refractivity (Wildman–Crippen MR) is 90.9 cm³/mol. The Morgan fingerprint density at radius 3 is 2.74 bits per heavy atom. The fourth-order valence-corrected chi connectivity index (χ4v) is 3.68. The minimum Gasteiger partial charge on any atom is -0.485 e. The average Bonchev–Trinajstić information content (AvgIpc) is 2.46. The molecular weight excluding hydrogens is 336 g/mol. The number of para-hydroxylation sites is 1. The van der Waals surface area contributed by atoms with E-state index in [-0.39, 0.29) is 17.9 Å². The molecule has 2 fully saturated rings. The van der Waals surface area contributed by atoms with Crippen molar-refractivity contribution >= 4 is 35.2 Å². The number of halogens is 1. The number of carbonyl (C=O) groups is 2. The van der Waals surface area contributed by atoms with Crippen LogP contribution in [0.4, 0.5) is 0 Å². The number of hydrogen-bond donors (Lipinski definition) is 1. The van der Waals surface area contributed by atoms with E-state index in [0.717, 1.165) is 0 Å². The van der Waals surface area contributed by atoms with Gasteiger partial charge < -0.3 is 15.0 Å². The van der Waals surface area contributed by atoms with Gasteiger partial charge in [0.25, 0.3) is 0 Å². The number of thioether (sulfide) groups is 1. The lowest BCUT2D eigenvalue weighted by Crippen LogP contribution is -2.64. The Morgan fingerprint density at radius 1 is 1.39 bits per heavy atom. The monoisotopic (exact) mass is 354 g/mol. The Bertz CT molecular complexity index is 632. The predicted octanol–water partition coefficient (Wildman–Crippen LogP) is 1.94. The van der Waals surface area contributed by atoms with Crippen molar-refractivity contribution in [1.29, 1.82) is 0 Å². The molecule has 2 aliphatic heterocycles. The minimum atomic E-state index is -0.471. The maximum atomic E-state index is 12.4. The van der Waals surface area contributed by atoms with Crippen molar-refractivity contribution in [3.63, 3.8) is 0 Å². The van der Waals surface area contributed by atoms with Gasteiger partial charge >= 0.3 is 0 Å². The lowest BCUT2D eigenvalue weighted by molar-refractivity contribution is -0.144. The first-order valence-electron chi connectivity index (χ1n) is 7.52. The van der Waals surface area contributed by atoms with Crippen molar-refractivity contribution in [2.75, 3.05) is 18.8 Å². The van der Waals surface area contributed by atoms with Gasteiger partial charge in [-0.15, -0.1) is 11.8 Å². The van der Waals surface area contributed by atoms with Gasteiger partial charge in [-0.2, -0.15) is 0 Å². The van der Waals surface area contributed by atoms with E-state index >= 15 is 0 Å². The summed E-state index contributed by atoms with van der Waals surface area (Å²) in [7, 11) is 0. The SMILES string of the molecule is CC1(C)SCC(C(=O)N2CC(Oc3ccccc3Cl)C2)NC1=O. The van der Waals surface area contributed by atoms with Gasteiger partial charge in [0.1, 0.15) is 17.9 Å². The zero-order chi connectivity index (χ0) is 16.6. The number of rotatable bonds is 3. The Balaban J connectivity index is 1.51. The second-order valence-corrected chi connectivity index (χ2v) is 8.31. The summed E-state index contributed by atoms with van der Waals surface area (Å²) in [5.74, 6) is 1.11. The summed E-state index contributed by atoms with van der Waals surface area (Å²) in [5.41, 5.74) is 0. The first-order chi connectivity index (χ1) is 10.9. The molecule has 0 saturated carbocycles. The van der Waals surface area contributed by atoms with Crippen LogP contribution in [0.1, 0.15) is 13.8 Å². The second kappa shape index (κ2) is 6.24. The van der Waals surface area contributed by atoms with Crippen LogP contribution >= 0.6 is 23.4 Å². The highest BCUT2D eigenvalue weighted by Crippen LogP contribution is 2.31. The van der Waals surface area contributed by atoms with Crippen LogP contribution in [0, 0.1) is 0 Å². The van der Waals surface area contributed by atoms with Crippen molar-refractivity contribution in [1.82, 2.24) is 10.2 Å². The Labute approximate surface area is 144 Å². The third kappa shape index (κ3) is 3.43. The molecule has 3 rings (SSSR count). The van der Waals surface area contributed by atoms with E-state index in [9.17, 15) is 9.59 Å². The van der Waals surface area contributed by atoms with Gasteiger partial charge in [-0.3, -0.25) is 9.59 Å². The summed E-state index contributed by atoms with van der Waals surface area (Å²) in [4.78, 5) is 26.1. The molecule has 1 unspecified atom stereocenters. The van der Waals surface area contributed by atoms with E-state index in [2.05, 4.69) is 5.32 Å². The molecule has 0 spiro atoms. The van der Waals surface area contributed by atoms with Crippen LogP contribution in [-0.4, -0.2) is 52.4 Å². The highest BCUT2D eigenvalue weighted by Gasteiger charge is 2.42. The van der Waals surface area contributed by atoms with Crippen LogP contribution < -0.4 is 10.1 Å². The van der Waals surface area contributed by atoms with Crippen LogP contribution in [0.5, 0.6) is 5.75 Å². The van der Waals surface area contributed by atoms with Crippen molar-refractivity contribution in [2.24, 2.45) is 0 Å². The number of hydrogen-bond acceptors (Lipinski definition) is 4. The summed E-state index contributed by atoms with van der Waals surface area (Å²) in [6.07, 6.45) is -0.0535. The van der Waals surface area contributed by atoms with Gasteiger partial charge in [-0.1, -0.05) is 23.7 Å². The molecule has 0 radical (unpaired) electrons. The van der Waals surface area contributed by atoms with Crippen LogP contribution in [0.2, 0.25) is 5.02 Å². The van der Waals surface area contributed by atoms with Crippen LogP contribution in [-0.2, 0) is 9.59 Å². The average molecular weight is 355 g/mol. The maximum absolute atomic E-state index is 12.4. The summed E-state index contributed by atoms with van der Waals surface area (Å²) in [6, 6.07) is 6.85. The summed E-state index contributed by atoms with van der Waals surface area (Å²) in [5, 5.41) is 3.38. The van der Waals surface area contributed by atoms with Gasteiger partial charge in [-0.05, 0) is 26.0 Å². The molecule has 124 valence electrons. The van der Waals surface area contributed by atoms with E-state index in [4.69, 9.17) is 16.3 Å². The van der Waals surface area contributed by atoms with E-state index in [1.54, 1.807) is 11.0 Å². The molecule has 5 nitrogen and oxygen atoms in total. The molecule has 1 atom stereocenters. The third-order valence-corrected chi connectivity index (χ3v) is 5.77. The molecule has 1 aromatic carbocycles. The van der Waals surface area contributed by atoms with Crippen molar-refractivity contribution in [3.05, 3.63) is 29.3 Å². The lowest BCUT2D eigenvalue weighted by Gasteiger charge is -2.42. The number of carbonyl (C=O) groups excluding carboxylic acids is 2. The van der Waals surface area contributed by atoms with Crippen molar-refractivity contribution < 1.29 is 14.3 Å². The third-order valence-electron chi connectivity index (χ3n) is 4.05. The first-order valence-corrected chi connectivity index (χ1v) is 8.88. The molecule has 23 heavy (non-hydrogen) atoms. The van der Waals surface area contributed by atoms with Crippen molar-refractivity contribution in [3.8, 4) is 5.75 Å². The van der Waals surface area contributed by atoms with E-state index in [0.29, 0.717) is 29.6 Å². The summed E-state index contributed by atoms with van der Waals surface area (Å²) < 4.78 is 5.31. The van der Waals surface area contributed by atoms with Crippen LogP contribution in [0.15, 0.2) is 24.3 Å². The van der Waals surface area contributed by atoms with Crippen LogP contribution in [0.3, 0.4) is 0 Å². The molecule has 0 aliphatic carbocycles. The van der Waals surface area contributed by atoms with Gasteiger partial charge in [-0.25, -0.2) is 0 Å². The number of likely N-dealkylation sites (tertiary alicyclic amines) is 1. The van der Waals surface area contributed by atoms with Gasteiger partial charge in [0, 0.05) is 5.75 Å². The van der Waals surface area contributed by atoms with E-state index in [1.807, 2.05) is 32.0 Å². The zero-order valence-corrected chi connectivity index (χ0v) is 14.6. The normalized spacial score (nSPS) is 23.9. The highest BCUT2D eigenvalue weighted by molar-refractivity contribution is 8.01. The molecular formula is C16H19ClN2O3S. The number of amides is 2. The second-order valence-electron chi connectivity index (χ2n) is 6.26. The molecule has 2 heterocycles. The van der Waals surface area contributed by atoms with Gasteiger partial charge in [0.05, 0.1) is 22.9 Å². The fourth-order valence-electron chi connectivity index (χ4n) is 2.50. The fraction of sp³-hybridized carbons (Fsp3) is 0.500. The first kappa shape index (κ1) is 16.5. The smallest absolute Gasteiger partial charge is 0.246 e. The summed E-state index contributed by atoms with van der Waals surface area (Å²) >= 11 is 7.57. The quantitative estimate of drug-likeness (QED) is 0.901. The Morgan fingerprint density at radius 2 is 2.09 bits per heavy atom. The molecule has 7 heteroatoms. The summed E-state index contributed by atoms with van der Waals surface area (Å²) in [6.45, 7) is 4.77. The molecule has 2 saturated heterocycles. The number of benzene rings is 1. The number of nitrogens with zero attached hydrogens (tertiary/aromatic N) is 1. The number of ether oxygens (including phenoxy) is 1. The minimum absolute atomic E-state index is 0.0413. The Hall–Kier alpha value is -1.40. The number of nitrogens with one attached hydrogen (secondary N) is 1. The molecule has 2 amide bonds. The van der Waals surface area contributed by atoms with E-state index in [1.165, 1.54) is 11.8 Å². The Kier molecular flexibility index (Phi) is 4.47. The molecule has 0 bridgehead atoms. The molecule has 0 aromatic heterocycles. The lowest BCUT2D eigenvalue weighted by atomic mass is 10.1. The van der Waals surface area contributed by atoms with Crippen molar-refractivity contribution in [2.45, 2.75) is 30.7 Å². The van der Waals surface area contributed by atoms with E-state index < -0.39 is 10.8 Å². The van der Waals surface area contributed by atoms with Crippen LogP contribution in [0.25, 0.3) is 0 Å². The highest BCUT2D eigenvalue weighted by atomic mass is 35.5. The largest absolute Gasteiger partial charge is 0.485 e. The molecule has 1 aromatic rings. The maximum Gasteiger partial charge on any atom is 0.246 e. The molecule has 1 N–H and O–H groups in total.